The largest absolute Gasteiger partial charge is 0.487 e. The van der Waals surface area contributed by atoms with Crippen molar-refractivity contribution in [3.05, 3.63) is 53.6 Å². The van der Waals surface area contributed by atoms with Crippen molar-refractivity contribution in [2.24, 2.45) is 0 Å². The fourth-order valence-electron chi connectivity index (χ4n) is 1.53. The van der Waals surface area contributed by atoms with Gasteiger partial charge in [-0.05, 0) is 24.3 Å². The molecule has 0 fully saturated rings. The summed E-state index contributed by atoms with van der Waals surface area (Å²) in [5, 5.41) is 1.98. The van der Waals surface area contributed by atoms with Crippen molar-refractivity contribution in [3.8, 4) is 5.75 Å². The van der Waals surface area contributed by atoms with Gasteiger partial charge >= 0.3 is 0 Å². The lowest BCUT2D eigenvalue weighted by atomic mass is 10.3. The second kappa shape index (κ2) is 4.18. The molecule has 3 aromatic rings. The Labute approximate surface area is 101 Å². The maximum absolute atomic E-state index is 12.7. The van der Waals surface area contributed by atoms with E-state index in [2.05, 4.69) is 4.98 Å². The Hall–Kier alpha value is -1.88. The molecule has 86 valence electrons. The lowest BCUT2D eigenvalue weighted by molar-refractivity contribution is 0.301. The molecule has 0 unspecified atom stereocenters. The number of halogens is 1. The number of rotatable bonds is 3. The quantitative estimate of drug-likeness (QED) is 0.712. The van der Waals surface area contributed by atoms with Crippen LogP contribution in [0.1, 0.15) is 5.69 Å². The van der Waals surface area contributed by atoms with Crippen molar-refractivity contribution in [1.82, 2.24) is 9.38 Å². The van der Waals surface area contributed by atoms with Crippen LogP contribution in [0.25, 0.3) is 4.96 Å². The maximum atomic E-state index is 12.7. The predicted molar refractivity (Wildman–Crippen MR) is 63.8 cm³/mol. The standard InChI is InChI=1S/C12H9FN2OS/c13-9-1-3-11(4-2-9)16-8-10-7-15-5-6-17-12(15)14-10/h1-7H,8H2. The van der Waals surface area contributed by atoms with Gasteiger partial charge in [-0.2, -0.15) is 0 Å². The van der Waals surface area contributed by atoms with Gasteiger partial charge in [0.2, 0.25) is 0 Å². The summed E-state index contributed by atoms with van der Waals surface area (Å²) in [6.45, 7) is 0.389. The van der Waals surface area contributed by atoms with E-state index in [1.165, 1.54) is 12.1 Å². The highest BCUT2D eigenvalue weighted by molar-refractivity contribution is 7.15. The van der Waals surface area contributed by atoms with Crippen LogP contribution >= 0.6 is 11.3 Å². The number of imidazole rings is 1. The van der Waals surface area contributed by atoms with Gasteiger partial charge in [0.25, 0.3) is 0 Å². The minimum absolute atomic E-state index is 0.264. The minimum atomic E-state index is -0.264. The van der Waals surface area contributed by atoms with Crippen LogP contribution in [0.4, 0.5) is 4.39 Å². The number of benzene rings is 1. The number of thiazole rings is 1. The molecule has 17 heavy (non-hydrogen) atoms. The Morgan fingerprint density at radius 3 is 2.88 bits per heavy atom. The molecule has 0 aliphatic carbocycles. The molecule has 0 radical (unpaired) electrons. The van der Waals surface area contributed by atoms with Gasteiger partial charge in [-0.15, -0.1) is 11.3 Å². The first kappa shape index (κ1) is 10.3. The van der Waals surface area contributed by atoms with Gasteiger partial charge in [-0.1, -0.05) is 0 Å². The number of hydrogen-bond donors (Lipinski definition) is 0. The van der Waals surface area contributed by atoms with E-state index in [0.29, 0.717) is 12.4 Å². The molecule has 2 aromatic heterocycles. The number of nitrogens with zero attached hydrogens (tertiary/aromatic N) is 2. The number of fused-ring (bicyclic) bond motifs is 1. The third-order valence-corrected chi connectivity index (χ3v) is 3.11. The van der Waals surface area contributed by atoms with E-state index in [1.54, 1.807) is 23.5 Å². The van der Waals surface area contributed by atoms with Gasteiger partial charge < -0.3 is 4.74 Å². The van der Waals surface area contributed by atoms with Gasteiger partial charge in [0.1, 0.15) is 18.2 Å². The highest BCUT2D eigenvalue weighted by atomic mass is 32.1. The molecule has 1 aromatic carbocycles. The van der Waals surface area contributed by atoms with Gasteiger partial charge in [0, 0.05) is 17.8 Å². The minimum Gasteiger partial charge on any atom is -0.487 e. The zero-order valence-corrected chi connectivity index (χ0v) is 9.65. The van der Waals surface area contributed by atoms with E-state index in [-0.39, 0.29) is 5.82 Å². The topological polar surface area (TPSA) is 26.5 Å². The van der Waals surface area contributed by atoms with Crippen molar-refractivity contribution in [2.75, 3.05) is 0 Å². The van der Waals surface area contributed by atoms with Crippen LogP contribution in [0, 0.1) is 5.82 Å². The summed E-state index contributed by atoms with van der Waals surface area (Å²) < 4.78 is 20.1. The third-order valence-electron chi connectivity index (χ3n) is 2.34. The van der Waals surface area contributed by atoms with E-state index in [9.17, 15) is 4.39 Å². The Kier molecular flexibility index (Phi) is 2.53. The van der Waals surface area contributed by atoms with Gasteiger partial charge in [-0.3, -0.25) is 4.40 Å². The Morgan fingerprint density at radius 2 is 2.12 bits per heavy atom. The van der Waals surface area contributed by atoms with Crippen LogP contribution in [0.3, 0.4) is 0 Å². The van der Waals surface area contributed by atoms with Crippen LogP contribution in [0.2, 0.25) is 0 Å². The molecule has 0 amide bonds. The summed E-state index contributed by atoms with van der Waals surface area (Å²) in [4.78, 5) is 5.33. The number of hydrogen-bond acceptors (Lipinski definition) is 3. The molecule has 0 atom stereocenters. The second-order valence-corrected chi connectivity index (χ2v) is 4.44. The molecule has 0 saturated heterocycles. The average molecular weight is 248 g/mol. The third kappa shape index (κ3) is 2.14. The summed E-state index contributed by atoms with van der Waals surface area (Å²) >= 11 is 1.58. The first-order chi connectivity index (χ1) is 8.31. The van der Waals surface area contributed by atoms with Crippen molar-refractivity contribution in [2.45, 2.75) is 6.61 Å². The fourth-order valence-corrected chi connectivity index (χ4v) is 2.25. The first-order valence-corrected chi connectivity index (χ1v) is 5.99. The van der Waals surface area contributed by atoms with Crippen LogP contribution in [0.5, 0.6) is 5.75 Å². The zero-order valence-electron chi connectivity index (χ0n) is 8.84. The summed E-state index contributed by atoms with van der Waals surface area (Å²) in [5.74, 6) is 0.377. The smallest absolute Gasteiger partial charge is 0.193 e. The molecule has 3 rings (SSSR count). The Balaban J connectivity index is 1.71. The lowest BCUT2D eigenvalue weighted by Crippen LogP contribution is -1.95. The summed E-state index contributed by atoms with van der Waals surface area (Å²) in [6, 6.07) is 5.96. The highest BCUT2D eigenvalue weighted by Crippen LogP contribution is 2.15. The molecule has 0 spiro atoms. The Morgan fingerprint density at radius 1 is 1.29 bits per heavy atom. The van der Waals surface area contributed by atoms with Crippen molar-refractivity contribution in [1.29, 1.82) is 0 Å². The second-order valence-electron chi connectivity index (χ2n) is 3.57. The summed E-state index contributed by atoms with van der Waals surface area (Å²) in [7, 11) is 0. The highest BCUT2D eigenvalue weighted by Gasteiger charge is 2.03. The predicted octanol–water partition coefficient (Wildman–Crippen LogP) is 3.11. The summed E-state index contributed by atoms with van der Waals surface area (Å²) in [6.07, 6.45) is 3.88. The van der Waals surface area contributed by atoms with E-state index in [1.807, 2.05) is 22.2 Å². The molecular weight excluding hydrogens is 239 g/mol. The van der Waals surface area contributed by atoms with Crippen molar-refractivity contribution in [3.63, 3.8) is 0 Å². The van der Waals surface area contributed by atoms with Crippen LogP contribution in [0.15, 0.2) is 42.0 Å². The monoisotopic (exact) mass is 248 g/mol. The van der Waals surface area contributed by atoms with Crippen LogP contribution in [-0.4, -0.2) is 9.38 Å². The molecule has 0 saturated carbocycles. The van der Waals surface area contributed by atoms with E-state index in [0.717, 1.165) is 10.7 Å². The fraction of sp³-hybridized carbons (Fsp3) is 0.0833. The van der Waals surface area contributed by atoms with Gasteiger partial charge in [-0.25, -0.2) is 9.37 Å². The lowest BCUT2D eigenvalue weighted by Gasteiger charge is -2.02. The first-order valence-electron chi connectivity index (χ1n) is 5.11. The van der Waals surface area contributed by atoms with Crippen molar-refractivity contribution >= 4 is 16.3 Å². The van der Waals surface area contributed by atoms with Gasteiger partial charge in [0.05, 0.1) is 5.69 Å². The molecule has 0 aliphatic rings. The number of aromatic nitrogens is 2. The normalized spacial score (nSPS) is 10.9. The molecular formula is C12H9FN2OS. The van der Waals surface area contributed by atoms with Crippen LogP contribution in [-0.2, 0) is 6.61 Å². The van der Waals surface area contributed by atoms with E-state index >= 15 is 0 Å². The molecule has 5 heteroatoms. The average Bonchev–Trinajstić information content (AvgIpc) is 2.88. The number of ether oxygens (including phenoxy) is 1. The SMILES string of the molecule is Fc1ccc(OCc2cn3ccsc3n2)cc1. The zero-order chi connectivity index (χ0) is 11.7. The molecule has 0 bridgehead atoms. The van der Waals surface area contributed by atoms with Crippen molar-refractivity contribution < 1.29 is 9.13 Å². The Bertz CT molecular complexity index is 601. The van der Waals surface area contributed by atoms with Crippen LogP contribution < -0.4 is 4.74 Å². The van der Waals surface area contributed by atoms with E-state index < -0.39 is 0 Å². The summed E-state index contributed by atoms with van der Waals surface area (Å²) in [5.41, 5.74) is 0.862. The van der Waals surface area contributed by atoms with Gasteiger partial charge in [0.15, 0.2) is 4.96 Å². The molecule has 2 heterocycles. The molecule has 3 nitrogen and oxygen atoms in total. The molecule has 0 N–H and O–H groups in total. The van der Waals surface area contributed by atoms with E-state index in [4.69, 9.17) is 4.74 Å². The molecule has 0 aliphatic heterocycles. The maximum Gasteiger partial charge on any atom is 0.193 e.